The molecular weight excluding hydrogens is 284 g/mol. The Bertz CT molecular complexity index is 773. The van der Waals surface area contributed by atoms with Crippen LogP contribution in [0.4, 0.5) is 0 Å². The van der Waals surface area contributed by atoms with Gasteiger partial charge in [0.2, 0.25) is 0 Å². The number of fused-ring (bicyclic) bond motifs is 1. The monoisotopic (exact) mass is 304 g/mol. The maximum Gasteiger partial charge on any atom is 0.347 e. The maximum absolute atomic E-state index is 11.9. The summed E-state index contributed by atoms with van der Waals surface area (Å²) in [4.78, 5) is 23.5. The first-order chi connectivity index (χ1) is 10.4. The van der Waals surface area contributed by atoms with Crippen LogP contribution < -0.4 is 10.4 Å². The highest BCUT2D eigenvalue weighted by Gasteiger charge is 2.19. The molecule has 0 saturated heterocycles. The topological polar surface area (TPSA) is 65.7 Å². The van der Waals surface area contributed by atoms with Crippen molar-refractivity contribution >= 4 is 16.9 Å². The van der Waals surface area contributed by atoms with Gasteiger partial charge in [-0.05, 0) is 52.3 Å². The number of carbonyl (C=O) groups excluding carboxylic acids is 1. The van der Waals surface area contributed by atoms with Crippen LogP contribution in [0.2, 0.25) is 0 Å². The molecule has 0 fully saturated rings. The lowest BCUT2D eigenvalue weighted by Gasteiger charge is -2.16. The zero-order valence-corrected chi connectivity index (χ0v) is 13.5. The summed E-state index contributed by atoms with van der Waals surface area (Å²) >= 11 is 0. The number of hydrogen-bond acceptors (Lipinski definition) is 5. The fourth-order valence-corrected chi connectivity index (χ4v) is 2.25. The molecule has 0 aliphatic carbocycles. The number of rotatable bonds is 4. The molecule has 5 heteroatoms. The van der Waals surface area contributed by atoms with Gasteiger partial charge in [-0.3, -0.25) is 0 Å². The van der Waals surface area contributed by atoms with Crippen LogP contribution in [-0.2, 0) is 9.53 Å². The molecule has 118 valence electrons. The lowest BCUT2D eigenvalue weighted by Crippen LogP contribution is -2.26. The van der Waals surface area contributed by atoms with E-state index in [1.54, 1.807) is 33.8 Å². The summed E-state index contributed by atoms with van der Waals surface area (Å²) in [6, 6.07) is 3.61. The lowest BCUT2D eigenvalue weighted by molar-refractivity contribution is -0.150. The molecule has 2 aromatic rings. The Balaban J connectivity index is 2.46. The van der Waals surface area contributed by atoms with Gasteiger partial charge in [-0.2, -0.15) is 0 Å². The quantitative estimate of drug-likeness (QED) is 0.641. The van der Waals surface area contributed by atoms with Crippen molar-refractivity contribution in [2.45, 2.75) is 40.7 Å². The van der Waals surface area contributed by atoms with E-state index in [1.165, 1.54) is 0 Å². The van der Waals surface area contributed by atoms with Gasteiger partial charge in [0.05, 0.1) is 6.61 Å². The number of esters is 1. The van der Waals surface area contributed by atoms with Crippen LogP contribution in [0.25, 0.3) is 11.0 Å². The highest BCUT2D eigenvalue weighted by atomic mass is 16.6. The highest BCUT2D eigenvalue weighted by Crippen LogP contribution is 2.29. The van der Waals surface area contributed by atoms with Crippen molar-refractivity contribution < 1.29 is 18.7 Å². The zero-order chi connectivity index (χ0) is 16.4. The van der Waals surface area contributed by atoms with Crippen molar-refractivity contribution in [3.63, 3.8) is 0 Å². The van der Waals surface area contributed by atoms with Crippen LogP contribution in [0.15, 0.2) is 21.3 Å². The average molecular weight is 304 g/mol. The second kappa shape index (κ2) is 6.22. The predicted molar refractivity (Wildman–Crippen MR) is 83.4 cm³/mol. The molecule has 2 rings (SSSR count). The van der Waals surface area contributed by atoms with Gasteiger partial charge in [0.15, 0.2) is 6.10 Å². The van der Waals surface area contributed by atoms with E-state index in [4.69, 9.17) is 13.9 Å². The van der Waals surface area contributed by atoms with Crippen molar-refractivity contribution in [3.8, 4) is 5.75 Å². The second-order valence-electron chi connectivity index (χ2n) is 5.22. The molecule has 0 saturated carbocycles. The molecule has 22 heavy (non-hydrogen) atoms. The Morgan fingerprint density at radius 3 is 2.50 bits per heavy atom. The fraction of sp³-hybridized carbons (Fsp3) is 0.412. The first-order valence-corrected chi connectivity index (χ1v) is 7.23. The van der Waals surface area contributed by atoms with E-state index in [0.29, 0.717) is 29.1 Å². The van der Waals surface area contributed by atoms with E-state index in [-0.39, 0.29) is 5.63 Å². The van der Waals surface area contributed by atoms with Crippen LogP contribution in [0.5, 0.6) is 5.75 Å². The highest BCUT2D eigenvalue weighted by molar-refractivity contribution is 5.85. The summed E-state index contributed by atoms with van der Waals surface area (Å²) in [6.07, 6.45) is -0.727. The summed E-state index contributed by atoms with van der Waals surface area (Å²) in [7, 11) is 0. The largest absolute Gasteiger partial charge is 0.479 e. The van der Waals surface area contributed by atoms with Crippen molar-refractivity contribution in [3.05, 3.63) is 39.2 Å². The van der Waals surface area contributed by atoms with E-state index in [2.05, 4.69) is 0 Å². The third-order valence-corrected chi connectivity index (χ3v) is 3.75. The van der Waals surface area contributed by atoms with Crippen molar-refractivity contribution in [1.29, 1.82) is 0 Å². The molecule has 1 aromatic carbocycles. The Morgan fingerprint density at radius 1 is 1.18 bits per heavy atom. The molecular formula is C17H20O5. The Kier molecular flexibility index (Phi) is 4.54. The second-order valence-corrected chi connectivity index (χ2v) is 5.22. The van der Waals surface area contributed by atoms with Gasteiger partial charge in [0.1, 0.15) is 11.3 Å². The van der Waals surface area contributed by atoms with Crippen LogP contribution in [0, 0.1) is 20.8 Å². The Morgan fingerprint density at radius 2 is 1.86 bits per heavy atom. The van der Waals surface area contributed by atoms with E-state index >= 15 is 0 Å². The summed E-state index contributed by atoms with van der Waals surface area (Å²) in [5, 5.41) is 0.866. The lowest BCUT2D eigenvalue weighted by atomic mass is 10.0. The van der Waals surface area contributed by atoms with Crippen molar-refractivity contribution in [2.75, 3.05) is 6.61 Å². The third kappa shape index (κ3) is 2.84. The van der Waals surface area contributed by atoms with Gasteiger partial charge < -0.3 is 13.9 Å². The van der Waals surface area contributed by atoms with Crippen molar-refractivity contribution in [2.24, 2.45) is 0 Å². The van der Waals surface area contributed by atoms with Gasteiger partial charge in [-0.15, -0.1) is 0 Å². The molecule has 0 aliphatic rings. The minimum absolute atomic E-state index is 0.302. The molecule has 0 bridgehead atoms. The zero-order valence-electron chi connectivity index (χ0n) is 13.5. The predicted octanol–water partition coefficient (Wildman–Crippen LogP) is 3.05. The fourth-order valence-electron chi connectivity index (χ4n) is 2.25. The molecule has 0 N–H and O–H groups in total. The number of aryl methyl sites for hydroxylation is 2. The molecule has 1 aromatic heterocycles. The molecule has 0 spiro atoms. The molecule has 1 unspecified atom stereocenters. The average Bonchev–Trinajstić information content (AvgIpc) is 2.48. The van der Waals surface area contributed by atoms with E-state index in [0.717, 1.165) is 10.9 Å². The molecule has 0 radical (unpaired) electrons. The number of carbonyl (C=O) groups is 1. The summed E-state index contributed by atoms with van der Waals surface area (Å²) in [5.41, 5.74) is 2.30. The molecule has 0 amide bonds. The van der Waals surface area contributed by atoms with Crippen molar-refractivity contribution in [1.82, 2.24) is 0 Å². The first kappa shape index (κ1) is 16.1. The number of ether oxygens (including phenoxy) is 2. The Hall–Kier alpha value is -2.30. The number of hydrogen-bond donors (Lipinski definition) is 0. The van der Waals surface area contributed by atoms with Gasteiger partial charge in [-0.1, -0.05) is 0 Å². The normalized spacial score (nSPS) is 12.2. The van der Waals surface area contributed by atoms with Crippen LogP contribution in [0.3, 0.4) is 0 Å². The minimum atomic E-state index is -0.727. The van der Waals surface area contributed by atoms with E-state index in [1.807, 2.05) is 13.0 Å². The Labute approximate surface area is 128 Å². The van der Waals surface area contributed by atoms with E-state index in [9.17, 15) is 9.59 Å². The summed E-state index contributed by atoms with van der Waals surface area (Å²) in [5.74, 6) is 0.0722. The minimum Gasteiger partial charge on any atom is -0.479 e. The van der Waals surface area contributed by atoms with Crippen LogP contribution in [-0.4, -0.2) is 18.7 Å². The first-order valence-electron chi connectivity index (χ1n) is 7.23. The smallest absolute Gasteiger partial charge is 0.347 e. The summed E-state index contributed by atoms with van der Waals surface area (Å²) in [6.45, 7) is 9.09. The molecule has 1 heterocycles. The van der Waals surface area contributed by atoms with Gasteiger partial charge in [0, 0.05) is 16.5 Å². The van der Waals surface area contributed by atoms with Crippen LogP contribution in [0.1, 0.15) is 30.5 Å². The standard InChI is InChI=1S/C17H20O5/c1-6-20-17(19)12(5)21-14-8-7-13-9(2)10(3)16(18)22-15(13)11(14)4/h7-8,12H,6H2,1-5H3. The summed E-state index contributed by atoms with van der Waals surface area (Å²) < 4.78 is 15.9. The van der Waals surface area contributed by atoms with Crippen LogP contribution >= 0.6 is 0 Å². The molecule has 1 atom stereocenters. The number of benzene rings is 1. The maximum atomic E-state index is 11.9. The molecule has 0 aliphatic heterocycles. The van der Waals surface area contributed by atoms with Gasteiger partial charge >= 0.3 is 11.6 Å². The third-order valence-electron chi connectivity index (χ3n) is 3.75. The molecule has 5 nitrogen and oxygen atoms in total. The van der Waals surface area contributed by atoms with Gasteiger partial charge in [-0.25, -0.2) is 9.59 Å². The van der Waals surface area contributed by atoms with Gasteiger partial charge in [0.25, 0.3) is 0 Å². The van der Waals surface area contributed by atoms with E-state index < -0.39 is 12.1 Å². The SMILES string of the molecule is CCOC(=O)C(C)Oc1ccc2c(C)c(C)c(=O)oc2c1C.